The highest BCUT2D eigenvalue weighted by Gasteiger charge is 2.27. The summed E-state index contributed by atoms with van der Waals surface area (Å²) in [5.41, 5.74) is 4.23. The molecule has 4 heteroatoms. The number of hydrogen-bond acceptors (Lipinski definition) is 1. The van der Waals surface area contributed by atoms with Crippen molar-refractivity contribution >= 4 is 16.8 Å². The third-order valence-electron chi connectivity index (χ3n) is 5.17. The predicted molar refractivity (Wildman–Crippen MR) is 102 cm³/mol. The maximum absolute atomic E-state index is 13.9. The van der Waals surface area contributed by atoms with E-state index in [9.17, 15) is 9.18 Å². The van der Waals surface area contributed by atoms with Crippen molar-refractivity contribution in [3.63, 3.8) is 0 Å². The number of fused-ring (bicyclic) bond motifs is 1. The van der Waals surface area contributed by atoms with E-state index in [4.69, 9.17) is 0 Å². The van der Waals surface area contributed by atoms with Crippen LogP contribution in [0.15, 0.2) is 48.7 Å². The number of amides is 1. The Morgan fingerprint density at radius 1 is 1.27 bits per heavy atom. The minimum atomic E-state index is -0.274. The molecule has 1 aliphatic carbocycles. The molecule has 1 fully saturated rings. The smallest absolute Gasteiger partial charge is 0.221 e. The van der Waals surface area contributed by atoms with Crippen LogP contribution in [-0.4, -0.2) is 16.9 Å². The lowest BCUT2D eigenvalue weighted by atomic mass is 9.87. The average molecular weight is 350 g/mol. The molecule has 2 N–H and O–H groups in total. The van der Waals surface area contributed by atoms with Crippen molar-refractivity contribution in [2.24, 2.45) is 0 Å². The topological polar surface area (TPSA) is 44.9 Å². The van der Waals surface area contributed by atoms with Gasteiger partial charge in [-0.15, -0.1) is 0 Å². The van der Waals surface area contributed by atoms with Crippen LogP contribution in [0.2, 0.25) is 0 Å². The fraction of sp³-hybridized carbons (Fsp3) is 0.318. The van der Waals surface area contributed by atoms with Crippen molar-refractivity contribution in [2.75, 3.05) is 0 Å². The van der Waals surface area contributed by atoms with Gasteiger partial charge in [0.2, 0.25) is 5.91 Å². The zero-order valence-corrected chi connectivity index (χ0v) is 14.9. The van der Waals surface area contributed by atoms with E-state index in [1.807, 2.05) is 18.3 Å². The number of H-pyrrole nitrogens is 1. The number of carbonyl (C=O) groups excluding carboxylic acids is 1. The summed E-state index contributed by atoms with van der Waals surface area (Å²) in [6.07, 6.45) is 5.35. The van der Waals surface area contributed by atoms with E-state index in [-0.39, 0.29) is 17.6 Å². The second-order valence-corrected chi connectivity index (χ2v) is 7.09. The summed E-state index contributed by atoms with van der Waals surface area (Å²) < 4.78 is 13.9. The second kappa shape index (κ2) is 6.94. The van der Waals surface area contributed by atoms with Gasteiger partial charge in [0.15, 0.2) is 0 Å². The van der Waals surface area contributed by atoms with Gasteiger partial charge in [0.05, 0.1) is 0 Å². The molecule has 1 aliphatic rings. The van der Waals surface area contributed by atoms with Crippen LogP contribution in [0.4, 0.5) is 4.39 Å². The summed E-state index contributed by atoms with van der Waals surface area (Å²) in [5.74, 6) is -0.419. The molecule has 1 atom stereocenters. The number of aromatic nitrogens is 1. The van der Waals surface area contributed by atoms with E-state index in [1.165, 1.54) is 17.7 Å². The van der Waals surface area contributed by atoms with Gasteiger partial charge in [0, 0.05) is 35.5 Å². The Morgan fingerprint density at radius 3 is 2.81 bits per heavy atom. The van der Waals surface area contributed by atoms with Crippen LogP contribution < -0.4 is 5.32 Å². The van der Waals surface area contributed by atoms with Crippen LogP contribution in [0, 0.1) is 5.82 Å². The number of aryl methyl sites for hydroxylation is 1. The van der Waals surface area contributed by atoms with Gasteiger partial charge in [-0.2, -0.15) is 0 Å². The lowest BCUT2D eigenvalue weighted by Crippen LogP contribution is -2.27. The van der Waals surface area contributed by atoms with E-state index in [0.29, 0.717) is 12.5 Å². The van der Waals surface area contributed by atoms with E-state index < -0.39 is 0 Å². The third kappa shape index (κ3) is 3.36. The highest BCUT2D eigenvalue weighted by Crippen LogP contribution is 2.35. The summed E-state index contributed by atoms with van der Waals surface area (Å²) in [7, 11) is 0. The normalized spacial score (nSPS) is 15.2. The number of halogens is 1. The molecule has 1 heterocycles. The molecule has 2 aromatic carbocycles. The SMILES string of the molecule is CCc1cccc2c(C(CC(=O)NC3CC3)c3cccc(F)c3)c[nH]c12. The van der Waals surface area contributed by atoms with Crippen molar-refractivity contribution < 1.29 is 9.18 Å². The minimum Gasteiger partial charge on any atom is -0.361 e. The van der Waals surface area contributed by atoms with Gasteiger partial charge in [0.25, 0.3) is 0 Å². The molecule has 1 amide bonds. The van der Waals surface area contributed by atoms with Crippen molar-refractivity contribution in [2.45, 2.75) is 44.6 Å². The highest BCUT2D eigenvalue weighted by atomic mass is 19.1. The van der Waals surface area contributed by atoms with Gasteiger partial charge in [-0.3, -0.25) is 4.79 Å². The molecule has 1 saturated carbocycles. The zero-order chi connectivity index (χ0) is 18.1. The maximum Gasteiger partial charge on any atom is 0.221 e. The molecular formula is C22H23FN2O. The molecular weight excluding hydrogens is 327 g/mol. The molecule has 1 aromatic heterocycles. The number of benzene rings is 2. The number of aromatic amines is 1. The van der Waals surface area contributed by atoms with Gasteiger partial charge >= 0.3 is 0 Å². The standard InChI is InChI=1S/C22H23FN2O/c1-2-14-5-4-8-18-20(13-24-22(14)18)19(12-21(26)25-17-9-10-17)15-6-3-7-16(23)11-15/h3-8,11,13,17,19,24H,2,9-10,12H2,1H3,(H,25,26). The van der Waals surface area contributed by atoms with Crippen LogP contribution >= 0.6 is 0 Å². The molecule has 4 rings (SSSR count). The molecule has 26 heavy (non-hydrogen) atoms. The first-order valence-corrected chi connectivity index (χ1v) is 9.29. The summed E-state index contributed by atoms with van der Waals surface area (Å²) in [4.78, 5) is 15.9. The van der Waals surface area contributed by atoms with Crippen LogP contribution in [-0.2, 0) is 11.2 Å². The molecule has 0 spiro atoms. The molecule has 0 saturated heterocycles. The van der Waals surface area contributed by atoms with Gasteiger partial charge in [0.1, 0.15) is 5.82 Å². The minimum absolute atomic E-state index is 0.0303. The van der Waals surface area contributed by atoms with Crippen molar-refractivity contribution in [1.29, 1.82) is 0 Å². The van der Waals surface area contributed by atoms with Crippen molar-refractivity contribution in [3.8, 4) is 0 Å². The lowest BCUT2D eigenvalue weighted by Gasteiger charge is -2.17. The number of rotatable bonds is 6. The monoisotopic (exact) mass is 350 g/mol. The Kier molecular flexibility index (Phi) is 4.49. The quantitative estimate of drug-likeness (QED) is 0.667. The lowest BCUT2D eigenvalue weighted by molar-refractivity contribution is -0.121. The number of para-hydroxylation sites is 1. The maximum atomic E-state index is 13.9. The molecule has 0 aliphatic heterocycles. The second-order valence-electron chi connectivity index (χ2n) is 7.09. The van der Waals surface area contributed by atoms with Crippen molar-refractivity contribution in [3.05, 3.63) is 71.2 Å². The van der Waals surface area contributed by atoms with E-state index >= 15 is 0 Å². The van der Waals surface area contributed by atoms with E-state index in [0.717, 1.165) is 41.3 Å². The molecule has 0 bridgehead atoms. The molecule has 1 unspecified atom stereocenters. The van der Waals surface area contributed by atoms with Crippen LogP contribution in [0.25, 0.3) is 10.9 Å². The fourth-order valence-corrected chi connectivity index (χ4v) is 3.65. The Hall–Kier alpha value is -2.62. The first kappa shape index (κ1) is 16.8. The van der Waals surface area contributed by atoms with Crippen molar-refractivity contribution in [1.82, 2.24) is 10.3 Å². The first-order valence-electron chi connectivity index (χ1n) is 9.29. The third-order valence-corrected chi connectivity index (χ3v) is 5.17. The summed E-state index contributed by atoms with van der Waals surface area (Å²) >= 11 is 0. The van der Waals surface area contributed by atoms with E-state index in [2.05, 4.69) is 29.4 Å². The summed E-state index contributed by atoms with van der Waals surface area (Å²) in [6.45, 7) is 2.13. The largest absolute Gasteiger partial charge is 0.361 e. The van der Waals surface area contributed by atoms with Crippen LogP contribution in [0.3, 0.4) is 0 Å². The van der Waals surface area contributed by atoms with E-state index in [1.54, 1.807) is 6.07 Å². The highest BCUT2D eigenvalue weighted by molar-refractivity contribution is 5.88. The van der Waals surface area contributed by atoms with Crippen LogP contribution in [0.1, 0.15) is 48.8 Å². The van der Waals surface area contributed by atoms with Gasteiger partial charge in [-0.05, 0) is 48.1 Å². The number of carbonyl (C=O) groups is 1. The molecule has 3 nitrogen and oxygen atoms in total. The summed E-state index contributed by atoms with van der Waals surface area (Å²) in [6, 6.07) is 13.2. The first-order chi connectivity index (χ1) is 12.7. The van der Waals surface area contributed by atoms with Gasteiger partial charge in [-0.25, -0.2) is 4.39 Å². The molecule has 0 radical (unpaired) electrons. The Balaban J connectivity index is 1.75. The predicted octanol–water partition coefficient (Wildman–Crippen LogP) is 4.67. The Labute approximate surface area is 152 Å². The Morgan fingerprint density at radius 2 is 2.08 bits per heavy atom. The van der Waals surface area contributed by atoms with Gasteiger partial charge in [-0.1, -0.05) is 37.3 Å². The fourth-order valence-electron chi connectivity index (χ4n) is 3.65. The van der Waals surface area contributed by atoms with Crippen LogP contribution in [0.5, 0.6) is 0 Å². The van der Waals surface area contributed by atoms with Gasteiger partial charge < -0.3 is 10.3 Å². The Bertz CT molecular complexity index is 942. The molecule has 134 valence electrons. The number of hydrogen-bond donors (Lipinski definition) is 2. The molecule has 3 aromatic rings. The number of nitrogens with one attached hydrogen (secondary N) is 2. The zero-order valence-electron chi connectivity index (χ0n) is 14.9. The average Bonchev–Trinajstić information content (AvgIpc) is 3.35. The summed E-state index contributed by atoms with van der Waals surface area (Å²) in [5, 5.41) is 4.17.